The summed E-state index contributed by atoms with van der Waals surface area (Å²) >= 11 is 6.26. The van der Waals surface area contributed by atoms with Crippen LogP contribution in [0.4, 0.5) is 11.4 Å². The van der Waals surface area contributed by atoms with Gasteiger partial charge in [0, 0.05) is 74.2 Å². The summed E-state index contributed by atoms with van der Waals surface area (Å²) < 4.78 is 42.9. The van der Waals surface area contributed by atoms with Crippen molar-refractivity contribution in [2.75, 3.05) is 71.0 Å². The number of morpholine rings is 1. The number of nitrogens with one attached hydrogen (secondary N) is 2. The normalized spacial score (nSPS) is 18.8. The number of sulfonamides is 1. The molecule has 0 radical (unpaired) electrons. The van der Waals surface area contributed by atoms with Crippen molar-refractivity contribution < 1.29 is 27.6 Å². The SMILES string of the molecule is CN1CCOC(COc2ccc(S(=O)(=O)NC(=O)c3ccc(N4CCN(CC5=C(c6ccc(Cl)cc6)CC(C)(C)CC5)CC4)cc3-n3ncc4nc5[nH]ccc5cc43)cc2[N+](=O)[O-])C1. The van der Waals surface area contributed by atoms with E-state index in [2.05, 4.69) is 55.5 Å². The van der Waals surface area contributed by atoms with Gasteiger partial charge in [0.2, 0.25) is 0 Å². The number of hydrogen-bond donors (Lipinski definition) is 2. The number of fused-ring (bicyclic) bond motifs is 2. The number of piperazine rings is 1. The number of carbonyl (C=O) groups is 1. The Morgan fingerprint density at radius 1 is 1.05 bits per heavy atom. The van der Waals surface area contributed by atoms with Crippen molar-refractivity contribution in [1.82, 2.24) is 34.3 Å². The number of H-pyrrole nitrogens is 1. The number of halogens is 1. The zero-order valence-corrected chi connectivity index (χ0v) is 37.5. The van der Waals surface area contributed by atoms with Crippen molar-refractivity contribution in [3.05, 3.63) is 117 Å². The van der Waals surface area contributed by atoms with E-state index in [9.17, 15) is 23.3 Å². The molecule has 2 N–H and O–H groups in total. The molecule has 16 nitrogen and oxygen atoms in total. The largest absolute Gasteiger partial charge is 0.484 e. The van der Waals surface area contributed by atoms with Gasteiger partial charge in [0.1, 0.15) is 23.9 Å². The molecule has 2 aliphatic heterocycles. The quantitative estimate of drug-likeness (QED) is 0.0943. The molecule has 3 aromatic carbocycles. The first-order chi connectivity index (χ1) is 30.7. The van der Waals surface area contributed by atoms with Gasteiger partial charge in [-0.15, -0.1) is 0 Å². The molecule has 0 spiro atoms. The highest BCUT2D eigenvalue weighted by molar-refractivity contribution is 7.90. The summed E-state index contributed by atoms with van der Waals surface area (Å²) in [5, 5.41) is 18.3. The molecule has 334 valence electrons. The van der Waals surface area contributed by atoms with Crippen LogP contribution in [-0.2, 0) is 14.8 Å². The summed E-state index contributed by atoms with van der Waals surface area (Å²) in [4.78, 5) is 39.8. The number of benzene rings is 3. The minimum atomic E-state index is -4.61. The van der Waals surface area contributed by atoms with Crippen LogP contribution in [0.2, 0.25) is 5.02 Å². The second-order valence-electron chi connectivity index (χ2n) is 17.6. The fourth-order valence-electron chi connectivity index (χ4n) is 8.91. The molecular weight excluding hydrogens is 858 g/mol. The van der Waals surface area contributed by atoms with Crippen molar-refractivity contribution in [3.8, 4) is 11.4 Å². The van der Waals surface area contributed by atoms with E-state index in [1.54, 1.807) is 23.1 Å². The number of allylic oxidation sites excluding steroid dienone is 1. The van der Waals surface area contributed by atoms with Crippen molar-refractivity contribution in [2.45, 2.75) is 44.1 Å². The lowest BCUT2D eigenvalue weighted by Gasteiger charge is -2.39. The van der Waals surface area contributed by atoms with Crippen LogP contribution < -0.4 is 14.4 Å². The third kappa shape index (κ3) is 9.21. The van der Waals surface area contributed by atoms with E-state index in [-0.39, 0.29) is 29.4 Å². The lowest BCUT2D eigenvalue weighted by Crippen LogP contribution is -2.47. The van der Waals surface area contributed by atoms with E-state index in [0.717, 1.165) is 80.7 Å². The topological polar surface area (TPSA) is 181 Å². The molecule has 0 bridgehead atoms. The van der Waals surface area contributed by atoms with Crippen molar-refractivity contribution in [3.63, 3.8) is 0 Å². The minimum Gasteiger partial charge on any atom is -0.484 e. The van der Waals surface area contributed by atoms with Gasteiger partial charge in [-0.2, -0.15) is 5.10 Å². The minimum absolute atomic E-state index is 0.0268. The molecule has 18 heteroatoms. The lowest BCUT2D eigenvalue weighted by atomic mass is 9.72. The highest BCUT2D eigenvalue weighted by atomic mass is 35.5. The Morgan fingerprint density at radius 2 is 1.84 bits per heavy atom. The number of likely N-dealkylation sites (N-methyl/N-ethyl adjacent to an activating group) is 1. The molecule has 64 heavy (non-hydrogen) atoms. The first-order valence-corrected chi connectivity index (χ1v) is 23.2. The highest BCUT2D eigenvalue weighted by Gasteiger charge is 2.31. The summed E-state index contributed by atoms with van der Waals surface area (Å²) in [6, 6.07) is 20.5. The van der Waals surface area contributed by atoms with Gasteiger partial charge in [-0.1, -0.05) is 43.2 Å². The highest BCUT2D eigenvalue weighted by Crippen LogP contribution is 2.43. The maximum atomic E-state index is 14.2. The Morgan fingerprint density at radius 3 is 2.61 bits per heavy atom. The third-order valence-corrected chi connectivity index (χ3v) is 14.1. The Labute approximate surface area is 376 Å². The molecule has 2 saturated heterocycles. The molecule has 3 aromatic heterocycles. The Kier molecular flexibility index (Phi) is 11.9. The summed E-state index contributed by atoms with van der Waals surface area (Å²) in [5.74, 6) is -1.05. The van der Waals surface area contributed by atoms with E-state index < -0.39 is 31.4 Å². The molecule has 0 saturated carbocycles. The van der Waals surface area contributed by atoms with Crippen LogP contribution >= 0.6 is 11.6 Å². The molecular formula is C46H50ClN9O7S. The number of nitro groups is 1. The smallest absolute Gasteiger partial charge is 0.312 e. The van der Waals surface area contributed by atoms with Gasteiger partial charge in [0.05, 0.1) is 39.4 Å². The van der Waals surface area contributed by atoms with Crippen LogP contribution in [-0.4, -0.2) is 121 Å². The number of nitrogens with zero attached hydrogens (tertiary/aromatic N) is 7. The van der Waals surface area contributed by atoms with Gasteiger partial charge in [-0.3, -0.25) is 19.8 Å². The van der Waals surface area contributed by atoms with Crippen LogP contribution in [0.15, 0.2) is 95.7 Å². The van der Waals surface area contributed by atoms with E-state index in [0.29, 0.717) is 35.5 Å². The number of nitro benzene ring substituents is 1. The van der Waals surface area contributed by atoms with Crippen molar-refractivity contribution in [1.29, 1.82) is 0 Å². The first-order valence-electron chi connectivity index (χ1n) is 21.4. The number of aromatic nitrogens is 4. The number of amides is 1. The summed E-state index contributed by atoms with van der Waals surface area (Å²) in [5.41, 5.74) is 6.83. The predicted molar refractivity (Wildman–Crippen MR) is 246 cm³/mol. The number of carbonyl (C=O) groups excluding carboxylic acids is 1. The number of hydrogen-bond acceptors (Lipinski definition) is 12. The van der Waals surface area contributed by atoms with Crippen molar-refractivity contribution >= 4 is 66.5 Å². The standard InChI is InChI=1S/C46H50ClN9O7S/c1-46(2)14-12-32(38(25-46)30-4-6-33(47)7-5-30)27-53-16-18-54(19-17-53)34-8-10-37(40(23-34)55-41-22-31-13-15-48-44(31)50-39(41)26-49-55)45(57)51-64(60,61)36-9-11-43(42(24-36)56(58)59)63-29-35-28-52(3)20-21-62-35/h4-11,13,15,22-24,26,35H,12,14,16-21,25,27-29H2,1-3H3,(H,48,50)(H,51,57). The van der Waals surface area contributed by atoms with Gasteiger partial charge in [0.25, 0.3) is 15.9 Å². The summed E-state index contributed by atoms with van der Waals surface area (Å²) in [6.45, 7) is 10.5. The lowest BCUT2D eigenvalue weighted by molar-refractivity contribution is -0.386. The molecule has 1 aliphatic carbocycles. The first kappa shape index (κ1) is 43.4. The molecule has 1 amide bonds. The fourth-order valence-corrected chi connectivity index (χ4v) is 10.0. The van der Waals surface area contributed by atoms with E-state index in [1.807, 2.05) is 43.4 Å². The summed E-state index contributed by atoms with van der Waals surface area (Å²) in [7, 11) is -2.67. The maximum absolute atomic E-state index is 14.2. The zero-order chi connectivity index (χ0) is 44.8. The maximum Gasteiger partial charge on any atom is 0.312 e. The second-order valence-corrected chi connectivity index (χ2v) is 19.8. The van der Waals surface area contributed by atoms with Crippen LogP contribution in [0, 0.1) is 15.5 Å². The molecule has 3 aliphatic rings. The number of ether oxygens (including phenoxy) is 2. The predicted octanol–water partition coefficient (Wildman–Crippen LogP) is 7.08. The number of anilines is 1. The van der Waals surface area contributed by atoms with Crippen LogP contribution in [0.25, 0.3) is 33.3 Å². The second kappa shape index (κ2) is 17.6. The van der Waals surface area contributed by atoms with Gasteiger partial charge >= 0.3 is 5.69 Å². The Balaban J connectivity index is 0.972. The van der Waals surface area contributed by atoms with E-state index in [1.165, 1.54) is 28.8 Å². The average Bonchev–Trinajstić information content (AvgIpc) is 3.92. The van der Waals surface area contributed by atoms with Crippen LogP contribution in [0.5, 0.6) is 5.75 Å². The molecule has 9 rings (SSSR count). The zero-order valence-electron chi connectivity index (χ0n) is 35.9. The van der Waals surface area contributed by atoms with Gasteiger partial charge < -0.3 is 24.3 Å². The van der Waals surface area contributed by atoms with Crippen molar-refractivity contribution in [2.24, 2.45) is 5.41 Å². The molecule has 6 aromatic rings. The monoisotopic (exact) mass is 907 g/mol. The fraction of sp³-hybridized carbons (Fsp3) is 0.370. The number of rotatable bonds is 12. The van der Waals surface area contributed by atoms with E-state index in [4.69, 9.17) is 26.1 Å². The number of aromatic amines is 1. The molecule has 5 heterocycles. The molecule has 1 atom stereocenters. The van der Waals surface area contributed by atoms with Crippen LogP contribution in [0.1, 0.15) is 49.0 Å². The summed E-state index contributed by atoms with van der Waals surface area (Å²) in [6.07, 6.45) is 6.26. The Bertz CT molecular complexity index is 2890. The average molecular weight is 908 g/mol. The number of pyridine rings is 1. The Hall–Kier alpha value is -5.85. The van der Waals surface area contributed by atoms with E-state index >= 15 is 0 Å². The van der Waals surface area contributed by atoms with Crippen LogP contribution in [0.3, 0.4) is 0 Å². The van der Waals surface area contributed by atoms with Gasteiger partial charge in [-0.05, 0) is 97.5 Å². The molecule has 2 fully saturated rings. The molecule has 1 unspecified atom stereocenters. The van der Waals surface area contributed by atoms with Gasteiger partial charge in [-0.25, -0.2) is 22.8 Å². The van der Waals surface area contributed by atoms with Gasteiger partial charge in [0.15, 0.2) is 5.75 Å². The third-order valence-electron chi connectivity index (χ3n) is 12.5.